The molecule has 0 aliphatic rings. The summed E-state index contributed by atoms with van der Waals surface area (Å²) < 4.78 is 11.1. The summed E-state index contributed by atoms with van der Waals surface area (Å²) in [5.41, 5.74) is 3.56. The molecule has 0 unspecified atom stereocenters. The van der Waals surface area contributed by atoms with Crippen molar-refractivity contribution in [3.63, 3.8) is 0 Å². The van der Waals surface area contributed by atoms with Gasteiger partial charge in [-0.2, -0.15) is 0 Å². The lowest BCUT2D eigenvalue weighted by molar-refractivity contribution is 0.284. The summed E-state index contributed by atoms with van der Waals surface area (Å²) in [4.78, 5) is 0. The third-order valence-corrected chi connectivity index (χ3v) is 3.52. The molecule has 3 aromatic carbocycles. The molecule has 0 fully saturated rings. The lowest BCUT2D eigenvalue weighted by atomic mass is 10.0. The van der Waals surface area contributed by atoms with E-state index in [1.54, 1.807) is 7.11 Å². The molecular formula is C20H18O2. The average Bonchev–Trinajstić information content (AvgIpc) is 2.61. The van der Waals surface area contributed by atoms with Crippen LogP contribution in [0.4, 0.5) is 0 Å². The molecule has 0 aliphatic heterocycles. The Labute approximate surface area is 131 Å². The molecule has 3 aromatic rings. The Kier molecular flexibility index (Phi) is 4.40. The van der Waals surface area contributed by atoms with Gasteiger partial charge in [0.15, 0.2) is 11.5 Å². The second-order valence-electron chi connectivity index (χ2n) is 5.00. The van der Waals surface area contributed by atoms with E-state index in [0.29, 0.717) is 6.61 Å². The van der Waals surface area contributed by atoms with Gasteiger partial charge in [0.2, 0.25) is 0 Å². The summed E-state index contributed by atoms with van der Waals surface area (Å²) in [6.07, 6.45) is 0. The van der Waals surface area contributed by atoms with Crippen molar-refractivity contribution in [2.24, 2.45) is 0 Å². The van der Waals surface area contributed by atoms with Crippen molar-refractivity contribution in [2.75, 3.05) is 7.11 Å². The molecule has 22 heavy (non-hydrogen) atoms. The monoisotopic (exact) mass is 290 g/mol. The summed E-state index contributed by atoms with van der Waals surface area (Å²) in [5, 5.41) is 0. The SMILES string of the molecule is COc1ccccc1OCc1ccc(-c2ccccc2)cc1. The fourth-order valence-electron chi connectivity index (χ4n) is 2.32. The van der Waals surface area contributed by atoms with Gasteiger partial charge >= 0.3 is 0 Å². The lowest BCUT2D eigenvalue weighted by Crippen LogP contribution is -1.97. The largest absolute Gasteiger partial charge is 0.493 e. The van der Waals surface area contributed by atoms with Gasteiger partial charge in [-0.05, 0) is 28.8 Å². The van der Waals surface area contributed by atoms with Crippen LogP contribution in [-0.4, -0.2) is 7.11 Å². The third kappa shape index (κ3) is 3.29. The predicted octanol–water partition coefficient (Wildman–Crippen LogP) is 4.94. The highest BCUT2D eigenvalue weighted by Gasteiger charge is 2.03. The van der Waals surface area contributed by atoms with E-state index < -0.39 is 0 Å². The van der Waals surface area contributed by atoms with E-state index in [-0.39, 0.29) is 0 Å². The van der Waals surface area contributed by atoms with E-state index in [4.69, 9.17) is 9.47 Å². The highest BCUT2D eigenvalue weighted by Crippen LogP contribution is 2.27. The van der Waals surface area contributed by atoms with Crippen LogP contribution in [-0.2, 0) is 6.61 Å². The van der Waals surface area contributed by atoms with Crippen molar-refractivity contribution in [3.8, 4) is 22.6 Å². The van der Waals surface area contributed by atoms with Crippen molar-refractivity contribution in [1.82, 2.24) is 0 Å². The van der Waals surface area contributed by atoms with Gasteiger partial charge in [-0.25, -0.2) is 0 Å². The highest BCUT2D eigenvalue weighted by molar-refractivity contribution is 5.63. The Morgan fingerprint density at radius 1 is 0.636 bits per heavy atom. The zero-order valence-corrected chi connectivity index (χ0v) is 12.5. The van der Waals surface area contributed by atoms with E-state index in [9.17, 15) is 0 Å². The van der Waals surface area contributed by atoms with Crippen LogP contribution in [0.25, 0.3) is 11.1 Å². The minimum absolute atomic E-state index is 0.523. The van der Waals surface area contributed by atoms with E-state index in [1.807, 2.05) is 42.5 Å². The first kappa shape index (κ1) is 14.2. The molecule has 0 heterocycles. The minimum Gasteiger partial charge on any atom is -0.493 e. The molecule has 0 bridgehead atoms. The van der Waals surface area contributed by atoms with Crippen molar-refractivity contribution in [2.45, 2.75) is 6.61 Å². The molecule has 0 amide bonds. The van der Waals surface area contributed by atoms with E-state index >= 15 is 0 Å². The molecule has 0 N–H and O–H groups in total. The molecule has 0 saturated heterocycles. The highest BCUT2D eigenvalue weighted by atomic mass is 16.5. The molecule has 2 heteroatoms. The first-order valence-corrected chi connectivity index (χ1v) is 7.27. The molecule has 0 radical (unpaired) electrons. The zero-order chi connectivity index (χ0) is 15.2. The van der Waals surface area contributed by atoms with Crippen LogP contribution < -0.4 is 9.47 Å². The zero-order valence-electron chi connectivity index (χ0n) is 12.5. The molecule has 0 aromatic heterocycles. The number of para-hydroxylation sites is 2. The van der Waals surface area contributed by atoms with Crippen molar-refractivity contribution < 1.29 is 9.47 Å². The fraction of sp³-hybridized carbons (Fsp3) is 0.100. The van der Waals surface area contributed by atoms with E-state index in [2.05, 4.69) is 36.4 Å². The van der Waals surface area contributed by atoms with Crippen LogP contribution >= 0.6 is 0 Å². The topological polar surface area (TPSA) is 18.5 Å². The first-order chi connectivity index (χ1) is 10.9. The van der Waals surface area contributed by atoms with Gasteiger partial charge < -0.3 is 9.47 Å². The molecular weight excluding hydrogens is 272 g/mol. The second kappa shape index (κ2) is 6.81. The predicted molar refractivity (Wildman–Crippen MR) is 89.2 cm³/mol. The van der Waals surface area contributed by atoms with Gasteiger partial charge in [0, 0.05) is 0 Å². The molecule has 2 nitrogen and oxygen atoms in total. The van der Waals surface area contributed by atoms with E-state index in [0.717, 1.165) is 17.1 Å². The maximum Gasteiger partial charge on any atom is 0.161 e. The number of rotatable bonds is 5. The minimum atomic E-state index is 0.523. The van der Waals surface area contributed by atoms with E-state index in [1.165, 1.54) is 11.1 Å². The van der Waals surface area contributed by atoms with Crippen molar-refractivity contribution in [1.29, 1.82) is 0 Å². The molecule has 0 aliphatic carbocycles. The Morgan fingerprint density at radius 2 is 1.23 bits per heavy atom. The average molecular weight is 290 g/mol. The van der Waals surface area contributed by atoms with Gasteiger partial charge in [-0.15, -0.1) is 0 Å². The summed E-state index contributed by atoms with van der Waals surface area (Å²) in [7, 11) is 1.65. The maximum atomic E-state index is 5.83. The van der Waals surface area contributed by atoms with Crippen LogP contribution in [0.1, 0.15) is 5.56 Å². The summed E-state index contributed by atoms with van der Waals surface area (Å²) in [6, 6.07) is 26.5. The van der Waals surface area contributed by atoms with Crippen LogP contribution in [0, 0.1) is 0 Å². The van der Waals surface area contributed by atoms with Gasteiger partial charge in [-0.3, -0.25) is 0 Å². The Balaban J connectivity index is 1.69. The van der Waals surface area contributed by atoms with Crippen LogP contribution in [0.2, 0.25) is 0 Å². The van der Waals surface area contributed by atoms with Gasteiger partial charge in [-0.1, -0.05) is 66.7 Å². The second-order valence-corrected chi connectivity index (χ2v) is 5.00. The van der Waals surface area contributed by atoms with Crippen molar-refractivity contribution in [3.05, 3.63) is 84.4 Å². The molecule has 110 valence electrons. The maximum absolute atomic E-state index is 5.83. The van der Waals surface area contributed by atoms with Gasteiger partial charge in [0.1, 0.15) is 6.61 Å². The number of methoxy groups -OCH3 is 1. The number of hydrogen-bond acceptors (Lipinski definition) is 2. The summed E-state index contributed by atoms with van der Waals surface area (Å²) >= 11 is 0. The number of ether oxygens (including phenoxy) is 2. The normalized spacial score (nSPS) is 10.2. The smallest absolute Gasteiger partial charge is 0.161 e. The number of benzene rings is 3. The Hall–Kier alpha value is -2.74. The molecule has 3 rings (SSSR count). The summed E-state index contributed by atoms with van der Waals surface area (Å²) in [5.74, 6) is 1.51. The summed E-state index contributed by atoms with van der Waals surface area (Å²) in [6.45, 7) is 0.523. The fourth-order valence-corrected chi connectivity index (χ4v) is 2.32. The van der Waals surface area contributed by atoms with Crippen LogP contribution in [0.5, 0.6) is 11.5 Å². The van der Waals surface area contributed by atoms with Gasteiger partial charge in [0.25, 0.3) is 0 Å². The van der Waals surface area contributed by atoms with Crippen molar-refractivity contribution >= 4 is 0 Å². The molecule has 0 saturated carbocycles. The number of hydrogen-bond donors (Lipinski definition) is 0. The van der Waals surface area contributed by atoms with Crippen LogP contribution in [0.15, 0.2) is 78.9 Å². The quantitative estimate of drug-likeness (QED) is 0.662. The Bertz CT molecular complexity index is 718. The molecule has 0 atom stereocenters. The Morgan fingerprint density at radius 3 is 1.91 bits per heavy atom. The third-order valence-electron chi connectivity index (χ3n) is 3.52. The van der Waals surface area contributed by atoms with Crippen LogP contribution in [0.3, 0.4) is 0 Å². The van der Waals surface area contributed by atoms with Gasteiger partial charge in [0.05, 0.1) is 7.11 Å². The lowest BCUT2D eigenvalue weighted by Gasteiger charge is -2.10. The first-order valence-electron chi connectivity index (χ1n) is 7.27. The standard InChI is InChI=1S/C20H18O2/c1-21-19-9-5-6-10-20(19)22-15-16-11-13-18(14-12-16)17-7-3-2-4-8-17/h2-14H,15H2,1H3. The molecule has 0 spiro atoms.